The Morgan fingerprint density at radius 2 is 2.12 bits per heavy atom. The largest absolute Gasteiger partial charge is 0.495 e. The highest BCUT2D eigenvalue weighted by Crippen LogP contribution is 2.23. The van der Waals surface area contributed by atoms with Gasteiger partial charge in [-0.1, -0.05) is 12.1 Å². The first-order valence-electron chi connectivity index (χ1n) is 8.01. The highest BCUT2D eigenvalue weighted by molar-refractivity contribution is 5.93. The molecule has 3 rings (SSSR count). The van der Waals surface area contributed by atoms with Crippen LogP contribution in [0.3, 0.4) is 0 Å². The number of carbonyl (C=O) groups excluding carboxylic acids is 1. The lowest BCUT2D eigenvalue weighted by atomic mass is 10.2. The van der Waals surface area contributed by atoms with E-state index in [0.29, 0.717) is 49.4 Å². The third kappa shape index (κ3) is 4.36. The lowest BCUT2D eigenvalue weighted by molar-refractivity contribution is -0.115. The van der Waals surface area contributed by atoms with Gasteiger partial charge in [-0.05, 0) is 12.1 Å². The van der Waals surface area contributed by atoms with E-state index >= 15 is 0 Å². The number of ether oxygens (including phenoxy) is 2. The lowest BCUT2D eigenvalue weighted by Crippen LogP contribution is -2.37. The number of para-hydroxylation sites is 2. The number of hydrogen-bond acceptors (Lipinski definition) is 6. The molecule has 1 aliphatic rings. The van der Waals surface area contributed by atoms with Crippen LogP contribution in [0.2, 0.25) is 0 Å². The SMILES string of the molecule is COc1ccccc1NC(=O)Cc1nc(N2CCOCC2)cc(=O)[nH]1. The van der Waals surface area contributed by atoms with E-state index in [-0.39, 0.29) is 17.9 Å². The van der Waals surface area contributed by atoms with Crippen molar-refractivity contribution in [3.05, 3.63) is 46.5 Å². The minimum atomic E-state index is -0.285. The summed E-state index contributed by atoms with van der Waals surface area (Å²) >= 11 is 0. The van der Waals surface area contributed by atoms with Crippen molar-refractivity contribution in [3.8, 4) is 5.75 Å². The zero-order valence-electron chi connectivity index (χ0n) is 13.9. The van der Waals surface area contributed by atoms with Crippen LogP contribution >= 0.6 is 0 Å². The summed E-state index contributed by atoms with van der Waals surface area (Å²) in [6.45, 7) is 2.53. The average Bonchev–Trinajstić information content (AvgIpc) is 2.62. The summed E-state index contributed by atoms with van der Waals surface area (Å²) in [4.78, 5) is 33.2. The van der Waals surface area contributed by atoms with Gasteiger partial charge in [-0.25, -0.2) is 4.98 Å². The molecule has 2 aromatic rings. The van der Waals surface area contributed by atoms with Gasteiger partial charge in [-0.3, -0.25) is 9.59 Å². The van der Waals surface area contributed by atoms with Crippen molar-refractivity contribution >= 4 is 17.4 Å². The van der Waals surface area contributed by atoms with Crippen molar-refractivity contribution in [3.63, 3.8) is 0 Å². The third-order valence-corrected chi connectivity index (χ3v) is 3.82. The Balaban J connectivity index is 1.72. The summed E-state index contributed by atoms with van der Waals surface area (Å²) in [5.41, 5.74) is 0.290. The Morgan fingerprint density at radius 3 is 2.88 bits per heavy atom. The summed E-state index contributed by atoms with van der Waals surface area (Å²) in [6, 6.07) is 8.56. The summed E-state index contributed by atoms with van der Waals surface area (Å²) in [5, 5.41) is 2.77. The van der Waals surface area contributed by atoms with Crippen LogP contribution in [0.25, 0.3) is 0 Å². The second-order valence-electron chi connectivity index (χ2n) is 5.57. The summed E-state index contributed by atoms with van der Waals surface area (Å²) in [7, 11) is 1.54. The number of methoxy groups -OCH3 is 1. The van der Waals surface area contributed by atoms with Crippen molar-refractivity contribution in [2.24, 2.45) is 0 Å². The van der Waals surface area contributed by atoms with Gasteiger partial charge >= 0.3 is 0 Å². The minimum Gasteiger partial charge on any atom is -0.495 e. The maximum atomic E-state index is 12.3. The van der Waals surface area contributed by atoms with E-state index in [1.54, 1.807) is 18.2 Å². The van der Waals surface area contributed by atoms with Crippen molar-refractivity contribution in [2.45, 2.75) is 6.42 Å². The molecule has 0 spiro atoms. The molecular formula is C17H20N4O4. The number of hydrogen-bond donors (Lipinski definition) is 2. The standard InChI is InChI=1S/C17H20N4O4/c1-24-13-5-3-2-4-12(13)18-16(22)10-14-19-15(11-17(23)20-14)21-6-8-25-9-7-21/h2-5,11H,6-10H2,1H3,(H,18,22)(H,19,20,23). The molecule has 0 bridgehead atoms. The molecule has 132 valence electrons. The maximum absolute atomic E-state index is 12.3. The molecule has 1 amide bonds. The number of nitrogens with zero attached hydrogens (tertiary/aromatic N) is 2. The molecule has 1 fully saturated rings. The fraction of sp³-hybridized carbons (Fsp3) is 0.353. The fourth-order valence-corrected chi connectivity index (χ4v) is 2.63. The van der Waals surface area contributed by atoms with Crippen molar-refractivity contribution in [2.75, 3.05) is 43.6 Å². The zero-order valence-corrected chi connectivity index (χ0v) is 13.9. The number of H-pyrrole nitrogens is 1. The number of carbonyl (C=O) groups is 1. The predicted molar refractivity (Wildman–Crippen MR) is 93.2 cm³/mol. The first kappa shape index (κ1) is 17.0. The van der Waals surface area contributed by atoms with Crippen LogP contribution in [-0.2, 0) is 16.0 Å². The Morgan fingerprint density at radius 1 is 1.36 bits per heavy atom. The van der Waals surface area contributed by atoms with Gasteiger partial charge in [0.25, 0.3) is 5.56 Å². The monoisotopic (exact) mass is 344 g/mol. The second kappa shape index (κ2) is 7.80. The van der Waals surface area contributed by atoms with Crippen LogP contribution in [0.5, 0.6) is 5.75 Å². The van der Waals surface area contributed by atoms with E-state index in [9.17, 15) is 9.59 Å². The fourth-order valence-electron chi connectivity index (χ4n) is 2.63. The van der Waals surface area contributed by atoms with Gasteiger partial charge in [0.15, 0.2) is 0 Å². The Hall–Kier alpha value is -2.87. The van der Waals surface area contributed by atoms with Gasteiger partial charge in [0.2, 0.25) is 5.91 Å². The number of benzene rings is 1. The number of nitrogens with one attached hydrogen (secondary N) is 2. The van der Waals surface area contributed by atoms with Crippen molar-refractivity contribution in [1.82, 2.24) is 9.97 Å². The normalized spacial score (nSPS) is 14.2. The molecule has 2 N–H and O–H groups in total. The number of morpholine rings is 1. The van der Waals surface area contributed by atoms with Gasteiger partial charge in [-0.2, -0.15) is 0 Å². The van der Waals surface area contributed by atoms with Crippen LogP contribution in [0, 0.1) is 0 Å². The molecule has 1 aromatic heterocycles. The number of anilines is 2. The van der Waals surface area contributed by atoms with Crippen LogP contribution in [0.4, 0.5) is 11.5 Å². The van der Waals surface area contributed by atoms with Crippen LogP contribution in [-0.4, -0.2) is 49.3 Å². The number of aromatic amines is 1. The molecule has 8 heteroatoms. The number of aromatic nitrogens is 2. The van der Waals surface area contributed by atoms with Gasteiger partial charge in [-0.15, -0.1) is 0 Å². The van der Waals surface area contributed by atoms with E-state index in [2.05, 4.69) is 15.3 Å². The molecule has 0 atom stereocenters. The van der Waals surface area contributed by atoms with Gasteiger partial charge in [0.05, 0.1) is 32.4 Å². The molecule has 1 saturated heterocycles. The Kier molecular flexibility index (Phi) is 5.30. The van der Waals surface area contributed by atoms with E-state index in [1.165, 1.54) is 13.2 Å². The van der Waals surface area contributed by atoms with E-state index in [1.807, 2.05) is 11.0 Å². The van der Waals surface area contributed by atoms with Gasteiger partial charge in [0.1, 0.15) is 17.4 Å². The third-order valence-electron chi connectivity index (χ3n) is 3.82. The molecule has 8 nitrogen and oxygen atoms in total. The molecule has 0 aliphatic carbocycles. The number of rotatable bonds is 5. The molecular weight excluding hydrogens is 324 g/mol. The summed E-state index contributed by atoms with van der Waals surface area (Å²) < 4.78 is 10.5. The first-order valence-corrected chi connectivity index (χ1v) is 8.01. The Bertz CT molecular complexity index is 799. The molecule has 2 heterocycles. The van der Waals surface area contributed by atoms with E-state index in [4.69, 9.17) is 9.47 Å². The average molecular weight is 344 g/mol. The van der Waals surface area contributed by atoms with Crippen molar-refractivity contribution in [1.29, 1.82) is 0 Å². The first-order chi connectivity index (χ1) is 12.2. The quantitative estimate of drug-likeness (QED) is 0.833. The summed E-state index contributed by atoms with van der Waals surface area (Å²) in [6.07, 6.45) is -0.0362. The predicted octanol–water partition coefficient (Wildman–Crippen LogP) is 0.796. The molecule has 25 heavy (non-hydrogen) atoms. The number of amides is 1. The Labute approximate surface area is 144 Å². The topological polar surface area (TPSA) is 96.5 Å². The van der Waals surface area contributed by atoms with Gasteiger partial charge in [0, 0.05) is 19.2 Å². The molecule has 1 aromatic carbocycles. The van der Waals surface area contributed by atoms with E-state index < -0.39 is 0 Å². The molecule has 0 radical (unpaired) electrons. The van der Waals surface area contributed by atoms with Crippen LogP contribution in [0.1, 0.15) is 5.82 Å². The highest BCUT2D eigenvalue weighted by Gasteiger charge is 2.15. The lowest BCUT2D eigenvalue weighted by Gasteiger charge is -2.27. The van der Waals surface area contributed by atoms with Gasteiger partial charge < -0.3 is 24.7 Å². The maximum Gasteiger partial charge on any atom is 0.252 e. The minimum absolute atomic E-state index is 0.0362. The summed E-state index contributed by atoms with van der Waals surface area (Å²) in [5.74, 6) is 1.17. The second-order valence-corrected chi connectivity index (χ2v) is 5.57. The van der Waals surface area contributed by atoms with Crippen LogP contribution < -0.4 is 20.5 Å². The van der Waals surface area contributed by atoms with E-state index in [0.717, 1.165) is 0 Å². The highest BCUT2D eigenvalue weighted by atomic mass is 16.5. The van der Waals surface area contributed by atoms with Crippen molar-refractivity contribution < 1.29 is 14.3 Å². The molecule has 0 saturated carbocycles. The smallest absolute Gasteiger partial charge is 0.252 e. The van der Waals surface area contributed by atoms with Crippen LogP contribution in [0.15, 0.2) is 35.1 Å². The molecule has 0 unspecified atom stereocenters. The zero-order chi connectivity index (χ0) is 17.6. The molecule has 1 aliphatic heterocycles.